The maximum Gasteiger partial charge on any atom is 0.320 e. The van der Waals surface area contributed by atoms with Gasteiger partial charge >= 0.3 is 5.97 Å². The van der Waals surface area contributed by atoms with Crippen molar-refractivity contribution in [3.05, 3.63) is 13.7 Å². The molecule has 0 amide bonds. The third-order valence-electron chi connectivity index (χ3n) is 1.73. The topological polar surface area (TPSA) is 81.1 Å². The van der Waals surface area contributed by atoms with Gasteiger partial charge in [-0.15, -0.1) is 0 Å². The van der Waals surface area contributed by atoms with E-state index in [1.807, 2.05) is 4.57 Å². The van der Waals surface area contributed by atoms with Crippen molar-refractivity contribution < 1.29 is 9.90 Å². The summed E-state index contributed by atoms with van der Waals surface area (Å²) < 4.78 is 3.83. The van der Waals surface area contributed by atoms with Gasteiger partial charge in [-0.2, -0.15) is 0 Å². The van der Waals surface area contributed by atoms with Crippen LogP contribution in [0.3, 0.4) is 0 Å². The second-order valence-electron chi connectivity index (χ2n) is 2.75. The Balaban J connectivity index is 2.54. The van der Waals surface area contributed by atoms with Gasteiger partial charge < -0.3 is 15.4 Å². The summed E-state index contributed by atoms with van der Waals surface area (Å²) in [5.74, 6) is -0.963. The van der Waals surface area contributed by atoms with Gasteiger partial charge in [-0.1, -0.05) is 0 Å². The number of hydrogen-bond acceptors (Lipinski definition) is 3. The molecule has 0 saturated heterocycles. The molecule has 3 N–H and O–H groups in total. The Labute approximate surface area is 108 Å². The van der Waals surface area contributed by atoms with Crippen molar-refractivity contribution in [1.29, 1.82) is 0 Å². The van der Waals surface area contributed by atoms with E-state index in [1.54, 1.807) is 6.33 Å². The van der Waals surface area contributed by atoms with E-state index in [0.29, 0.717) is 13.0 Å². The Kier molecular flexibility index (Phi) is 4.57. The molecule has 0 bridgehead atoms. The number of aromatic nitrogens is 2. The number of halogens is 2. The van der Waals surface area contributed by atoms with Crippen LogP contribution in [-0.4, -0.2) is 26.7 Å². The molecule has 0 aliphatic carbocycles. The molecule has 5 nitrogen and oxygen atoms in total. The van der Waals surface area contributed by atoms with Gasteiger partial charge in [0.15, 0.2) is 0 Å². The minimum Gasteiger partial charge on any atom is -0.480 e. The summed E-state index contributed by atoms with van der Waals surface area (Å²) in [5, 5.41) is 8.58. The van der Waals surface area contributed by atoms with Crippen LogP contribution >= 0.6 is 45.2 Å². The van der Waals surface area contributed by atoms with Crippen LogP contribution in [0.25, 0.3) is 0 Å². The summed E-state index contributed by atoms with van der Waals surface area (Å²) in [7, 11) is 0. The van der Waals surface area contributed by atoms with Crippen LogP contribution in [0.4, 0.5) is 0 Å². The van der Waals surface area contributed by atoms with Crippen molar-refractivity contribution in [2.45, 2.75) is 19.0 Å². The van der Waals surface area contributed by atoms with E-state index in [1.165, 1.54) is 0 Å². The lowest BCUT2D eigenvalue weighted by Crippen LogP contribution is -2.31. The van der Waals surface area contributed by atoms with Crippen LogP contribution < -0.4 is 5.73 Å². The number of aliphatic carboxylic acids is 1. The molecular formula is C7H9I2N3O2. The average molecular weight is 421 g/mol. The third kappa shape index (κ3) is 3.05. The lowest BCUT2D eigenvalue weighted by Gasteiger charge is -2.07. The highest BCUT2D eigenvalue weighted by molar-refractivity contribution is 14.1. The molecule has 0 aromatic carbocycles. The molecule has 1 unspecified atom stereocenters. The van der Waals surface area contributed by atoms with Crippen molar-refractivity contribution in [2.75, 3.05) is 0 Å². The molecule has 0 aliphatic heterocycles. The largest absolute Gasteiger partial charge is 0.480 e. The fourth-order valence-corrected chi connectivity index (χ4v) is 1.84. The molecule has 78 valence electrons. The molecule has 1 aromatic heterocycles. The Morgan fingerprint density at radius 3 is 2.79 bits per heavy atom. The van der Waals surface area contributed by atoms with E-state index >= 15 is 0 Å². The SMILES string of the molecule is NC(CCn1cnc(I)c1I)C(=O)O. The monoisotopic (exact) mass is 421 g/mol. The molecule has 0 aliphatic rings. The first kappa shape index (κ1) is 12.2. The zero-order valence-corrected chi connectivity index (χ0v) is 11.5. The molecule has 1 aromatic rings. The van der Waals surface area contributed by atoms with Crippen LogP contribution in [0.1, 0.15) is 6.42 Å². The Morgan fingerprint density at radius 1 is 1.71 bits per heavy atom. The fourth-order valence-electron chi connectivity index (χ4n) is 0.900. The predicted octanol–water partition coefficient (Wildman–Crippen LogP) is 0.894. The van der Waals surface area contributed by atoms with Gasteiger partial charge in [-0.05, 0) is 51.6 Å². The molecule has 1 atom stereocenters. The second kappa shape index (κ2) is 5.26. The number of carboxylic acids is 1. The number of aryl methyl sites for hydroxylation is 1. The zero-order chi connectivity index (χ0) is 10.7. The molecule has 0 fully saturated rings. The van der Waals surface area contributed by atoms with E-state index < -0.39 is 12.0 Å². The summed E-state index contributed by atoms with van der Waals surface area (Å²) in [6, 6.07) is -0.800. The average Bonchev–Trinajstić information content (AvgIpc) is 2.44. The van der Waals surface area contributed by atoms with Gasteiger partial charge in [0, 0.05) is 6.54 Å². The summed E-state index contributed by atoms with van der Waals surface area (Å²) in [6.07, 6.45) is 2.11. The Morgan fingerprint density at radius 2 is 2.36 bits per heavy atom. The van der Waals surface area contributed by atoms with E-state index in [-0.39, 0.29) is 0 Å². The normalized spacial score (nSPS) is 12.8. The Hall–Kier alpha value is 0.1000. The van der Waals surface area contributed by atoms with E-state index in [0.717, 1.165) is 7.40 Å². The van der Waals surface area contributed by atoms with Gasteiger partial charge in [0.2, 0.25) is 0 Å². The molecule has 7 heteroatoms. The number of nitrogens with zero attached hydrogens (tertiary/aromatic N) is 2. The quantitative estimate of drug-likeness (QED) is 0.709. The molecular weight excluding hydrogens is 412 g/mol. The van der Waals surface area contributed by atoms with Crippen LogP contribution in [0.5, 0.6) is 0 Å². The minimum absolute atomic E-state index is 0.414. The van der Waals surface area contributed by atoms with Gasteiger partial charge in [0.25, 0.3) is 0 Å². The third-order valence-corrected chi connectivity index (χ3v) is 4.68. The highest BCUT2D eigenvalue weighted by atomic mass is 127. The molecule has 14 heavy (non-hydrogen) atoms. The number of imidazole rings is 1. The summed E-state index contributed by atoms with van der Waals surface area (Å²) in [6.45, 7) is 0.585. The van der Waals surface area contributed by atoms with Crippen LogP contribution in [0.2, 0.25) is 0 Å². The first-order valence-electron chi connectivity index (χ1n) is 3.87. The highest BCUT2D eigenvalue weighted by Gasteiger charge is 2.12. The first-order valence-corrected chi connectivity index (χ1v) is 6.02. The van der Waals surface area contributed by atoms with Crippen molar-refractivity contribution >= 4 is 51.2 Å². The number of hydrogen-bond donors (Lipinski definition) is 2. The number of rotatable bonds is 4. The van der Waals surface area contributed by atoms with Crippen molar-refractivity contribution in [1.82, 2.24) is 9.55 Å². The maximum absolute atomic E-state index is 10.5. The number of carboxylic acid groups (broad SMARTS) is 1. The summed E-state index contributed by atoms with van der Waals surface area (Å²) >= 11 is 4.30. The predicted molar refractivity (Wildman–Crippen MR) is 67.9 cm³/mol. The molecule has 0 radical (unpaired) electrons. The highest BCUT2D eigenvalue weighted by Crippen LogP contribution is 2.13. The fraction of sp³-hybridized carbons (Fsp3) is 0.429. The van der Waals surface area contributed by atoms with Gasteiger partial charge in [0.1, 0.15) is 13.4 Å². The molecule has 1 heterocycles. The van der Waals surface area contributed by atoms with Gasteiger partial charge in [0.05, 0.1) is 6.33 Å². The Bertz CT molecular complexity index is 340. The van der Waals surface area contributed by atoms with Crippen LogP contribution in [0, 0.1) is 7.40 Å². The van der Waals surface area contributed by atoms with Gasteiger partial charge in [-0.25, -0.2) is 4.98 Å². The number of carbonyl (C=O) groups is 1. The van der Waals surface area contributed by atoms with E-state index in [2.05, 4.69) is 50.2 Å². The maximum atomic E-state index is 10.5. The van der Waals surface area contributed by atoms with E-state index in [4.69, 9.17) is 10.8 Å². The molecule has 1 rings (SSSR count). The van der Waals surface area contributed by atoms with Crippen molar-refractivity contribution in [2.24, 2.45) is 5.73 Å². The van der Waals surface area contributed by atoms with Crippen molar-refractivity contribution in [3.63, 3.8) is 0 Å². The van der Waals surface area contributed by atoms with Crippen molar-refractivity contribution in [3.8, 4) is 0 Å². The van der Waals surface area contributed by atoms with Gasteiger partial charge in [-0.3, -0.25) is 4.79 Å². The molecule has 0 saturated carbocycles. The lowest BCUT2D eigenvalue weighted by molar-refractivity contribution is -0.138. The van der Waals surface area contributed by atoms with Crippen LogP contribution in [0.15, 0.2) is 6.33 Å². The number of nitrogens with two attached hydrogens (primary N) is 1. The summed E-state index contributed by atoms with van der Waals surface area (Å²) in [5.41, 5.74) is 5.38. The first-order chi connectivity index (χ1) is 6.52. The lowest BCUT2D eigenvalue weighted by atomic mass is 10.2. The van der Waals surface area contributed by atoms with E-state index in [9.17, 15) is 4.79 Å². The van der Waals surface area contributed by atoms with Crippen LogP contribution in [-0.2, 0) is 11.3 Å². The standard InChI is InChI=1S/C7H9I2N3O2/c8-5-6(9)12(3-11-5)2-1-4(10)7(13)14/h3-4H,1-2,10H2,(H,13,14). The molecule has 0 spiro atoms. The summed E-state index contributed by atoms with van der Waals surface area (Å²) in [4.78, 5) is 14.6. The smallest absolute Gasteiger partial charge is 0.320 e. The second-order valence-corrected chi connectivity index (χ2v) is 4.80. The zero-order valence-electron chi connectivity index (χ0n) is 7.15. The minimum atomic E-state index is -0.963.